The fourth-order valence-corrected chi connectivity index (χ4v) is 4.68. The lowest BCUT2D eigenvalue weighted by Crippen LogP contribution is -2.43. The maximum Gasteiger partial charge on any atom is 0.244 e. The summed E-state index contributed by atoms with van der Waals surface area (Å²) in [5, 5.41) is 3.44. The Morgan fingerprint density at radius 3 is 2.50 bits per heavy atom. The molecule has 0 aromatic heterocycles. The van der Waals surface area contributed by atoms with E-state index in [1.807, 2.05) is 7.05 Å². The molecule has 1 N–H and O–H groups in total. The second-order valence-corrected chi connectivity index (χ2v) is 7.77. The molecule has 0 atom stereocenters. The van der Waals surface area contributed by atoms with Crippen molar-refractivity contribution in [2.24, 2.45) is 0 Å². The van der Waals surface area contributed by atoms with Crippen LogP contribution in [0, 0.1) is 0 Å². The van der Waals surface area contributed by atoms with Gasteiger partial charge in [0.05, 0.1) is 5.02 Å². The summed E-state index contributed by atoms with van der Waals surface area (Å²) in [6.45, 7) is 1.05. The second kappa shape index (κ2) is 7.42. The van der Waals surface area contributed by atoms with Crippen molar-refractivity contribution in [1.29, 1.82) is 0 Å². The van der Waals surface area contributed by atoms with E-state index < -0.39 is 10.0 Å². The third-order valence-corrected chi connectivity index (χ3v) is 6.25. The van der Waals surface area contributed by atoms with Crippen molar-refractivity contribution in [3.05, 3.63) is 27.7 Å². The number of nitrogens with one attached hydrogen (secondary N) is 1. The van der Waals surface area contributed by atoms with Gasteiger partial charge < -0.3 is 5.32 Å². The molecule has 20 heavy (non-hydrogen) atoms. The molecular weight excluding hydrogens is 387 g/mol. The predicted octanol–water partition coefficient (Wildman–Crippen LogP) is 2.90. The Morgan fingerprint density at radius 2 is 1.95 bits per heavy atom. The molecular formula is C12H17BrCl2N2O2S. The van der Waals surface area contributed by atoms with E-state index in [1.54, 1.807) is 18.2 Å². The van der Waals surface area contributed by atoms with E-state index in [-0.39, 0.29) is 22.3 Å². The average molecular weight is 404 g/mol. The number of nitrogens with zero attached hydrogens (tertiary/aromatic N) is 1. The van der Waals surface area contributed by atoms with E-state index in [9.17, 15) is 8.42 Å². The topological polar surface area (TPSA) is 49.4 Å². The molecule has 1 heterocycles. The van der Waals surface area contributed by atoms with Crippen molar-refractivity contribution < 1.29 is 8.42 Å². The van der Waals surface area contributed by atoms with Crippen LogP contribution in [0.25, 0.3) is 0 Å². The standard InChI is InChI=1S/C12H16BrClN2O2S.ClH/c1-15-10-4-6-16(7-5-10)19(17,18)12-8-9(13)2-3-11(12)14;/h2-3,8,10,15H,4-7H2,1H3;1H. The lowest BCUT2D eigenvalue weighted by atomic mass is 10.1. The number of benzene rings is 1. The first-order valence-corrected chi connectivity index (χ1v) is 8.68. The van der Waals surface area contributed by atoms with Gasteiger partial charge in [-0.2, -0.15) is 4.31 Å². The molecule has 1 aromatic rings. The van der Waals surface area contributed by atoms with Crippen molar-refractivity contribution in [2.75, 3.05) is 20.1 Å². The summed E-state index contributed by atoms with van der Waals surface area (Å²) >= 11 is 9.30. The molecule has 114 valence electrons. The van der Waals surface area contributed by atoms with Crippen LogP contribution in [-0.2, 0) is 10.0 Å². The van der Waals surface area contributed by atoms with Gasteiger partial charge in [0.1, 0.15) is 4.90 Å². The summed E-state index contributed by atoms with van der Waals surface area (Å²) in [5.74, 6) is 0. The van der Waals surface area contributed by atoms with Crippen LogP contribution in [0.2, 0.25) is 5.02 Å². The van der Waals surface area contributed by atoms with Gasteiger partial charge in [-0.15, -0.1) is 12.4 Å². The van der Waals surface area contributed by atoms with E-state index in [0.29, 0.717) is 23.6 Å². The van der Waals surface area contributed by atoms with Gasteiger partial charge in [-0.05, 0) is 38.1 Å². The van der Waals surface area contributed by atoms with Crippen molar-refractivity contribution in [3.8, 4) is 0 Å². The third-order valence-electron chi connectivity index (χ3n) is 3.37. The van der Waals surface area contributed by atoms with E-state index in [0.717, 1.165) is 12.8 Å². The lowest BCUT2D eigenvalue weighted by molar-refractivity contribution is 0.298. The molecule has 0 unspecified atom stereocenters. The zero-order chi connectivity index (χ0) is 14.0. The highest BCUT2D eigenvalue weighted by Crippen LogP contribution is 2.29. The average Bonchev–Trinajstić information content (AvgIpc) is 2.41. The smallest absolute Gasteiger partial charge is 0.244 e. The zero-order valence-electron chi connectivity index (χ0n) is 11.0. The maximum absolute atomic E-state index is 12.6. The number of hydrogen-bond donors (Lipinski definition) is 1. The number of sulfonamides is 1. The molecule has 0 spiro atoms. The zero-order valence-corrected chi connectivity index (χ0v) is 14.9. The second-order valence-electron chi connectivity index (χ2n) is 4.54. The van der Waals surface area contributed by atoms with Crippen molar-refractivity contribution in [3.63, 3.8) is 0 Å². The Bertz CT molecular complexity index is 561. The summed E-state index contributed by atoms with van der Waals surface area (Å²) in [6.07, 6.45) is 1.64. The first-order valence-electron chi connectivity index (χ1n) is 6.07. The molecule has 8 heteroatoms. The van der Waals surface area contributed by atoms with Crippen LogP contribution in [0.5, 0.6) is 0 Å². The summed E-state index contributed by atoms with van der Waals surface area (Å²) in [7, 11) is -1.60. The molecule has 0 aliphatic carbocycles. The molecule has 0 radical (unpaired) electrons. The summed E-state index contributed by atoms with van der Waals surface area (Å²) in [5.41, 5.74) is 0. The molecule has 1 aliphatic heterocycles. The van der Waals surface area contributed by atoms with Crippen LogP contribution >= 0.6 is 39.9 Å². The summed E-state index contributed by atoms with van der Waals surface area (Å²) in [6, 6.07) is 5.28. The Labute approximate surface area is 139 Å². The van der Waals surface area contributed by atoms with Gasteiger partial charge in [-0.3, -0.25) is 0 Å². The highest BCUT2D eigenvalue weighted by Gasteiger charge is 2.30. The highest BCUT2D eigenvalue weighted by atomic mass is 79.9. The van der Waals surface area contributed by atoms with Crippen molar-refractivity contribution >= 4 is 50.0 Å². The van der Waals surface area contributed by atoms with Gasteiger partial charge >= 0.3 is 0 Å². The van der Waals surface area contributed by atoms with Gasteiger partial charge in [0.2, 0.25) is 10.0 Å². The SMILES string of the molecule is CNC1CCN(S(=O)(=O)c2cc(Br)ccc2Cl)CC1.Cl. The predicted molar refractivity (Wildman–Crippen MR) is 87.2 cm³/mol. The largest absolute Gasteiger partial charge is 0.317 e. The van der Waals surface area contributed by atoms with E-state index in [2.05, 4.69) is 21.2 Å². The van der Waals surface area contributed by atoms with Gasteiger partial charge in [0.15, 0.2) is 0 Å². The minimum Gasteiger partial charge on any atom is -0.317 e. The van der Waals surface area contributed by atoms with Crippen LogP contribution < -0.4 is 5.32 Å². The monoisotopic (exact) mass is 402 g/mol. The van der Waals surface area contributed by atoms with Crippen LogP contribution in [0.15, 0.2) is 27.6 Å². The van der Waals surface area contributed by atoms with Gasteiger partial charge in [-0.25, -0.2) is 8.42 Å². The molecule has 2 rings (SSSR count). The van der Waals surface area contributed by atoms with Crippen LogP contribution in [0.1, 0.15) is 12.8 Å². The first-order chi connectivity index (χ1) is 8.95. The lowest BCUT2D eigenvalue weighted by Gasteiger charge is -2.31. The normalized spacial score (nSPS) is 17.8. The number of halogens is 3. The quantitative estimate of drug-likeness (QED) is 0.843. The summed E-state index contributed by atoms with van der Waals surface area (Å²) in [4.78, 5) is 0.173. The molecule has 1 saturated heterocycles. The van der Waals surface area contributed by atoms with E-state index in [1.165, 1.54) is 4.31 Å². The number of hydrogen-bond acceptors (Lipinski definition) is 3. The molecule has 0 bridgehead atoms. The summed E-state index contributed by atoms with van der Waals surface area (Å²) < 4.78 is 27.3. The molecule has 0 saturated carbocycles. The van der Waals surface area contributed by atoms with Crippen molar-refractivity contribution in [1.82, 2.24) is 9.62 Å². The van der Waals surface area contributed by atoms with Crippen LogP contribution in [0.3, 0.4) is 0 Å². The Balaban J connectivity index is 0.00000200. The molecule has 1 aliphatic rings. The van der Waals surface area contributed by atoms with Crippen LogP contribution in [0.4, 0.5) is 0 Å². The van der Waals surface area contributed by atoms with Gasteiger partial charge in [0.25, 0.3) is 0 Å². The molecule has 0 amide bonds. The fraction of sp³-hybridized carbons (Fsp3) is 0.500. The fourth-order valence-electron chi connectivity index (χ4n) is 2.20. The Morgan fingerprint density at radius 1 is 1.35 bits per heavy atom. The molecule has 1 aromatic carbocycles. The Kier molecular flexibility index (Phi) is 6.76. The number of rotatable bonds is 3. The van der Waals surface area contributed by atoms with Gasteiger partial charge in [0, 0.05) is 23.6 Å². The molecule has 4 nitrogen and oxygen atoms in total. The Hall–Kier alpha value is 0.150. The minimum atomic E-state index is -3.50. The first kappa shape index (κ1) is 18.2. The van der Waals surface area contributed by atoms with E-state index in [4.69, 9.17) is 11.6 Å². The van der Waals surface area contributed by atoms with Gasteiger partial charge in [-0.1, -0.05) is 27.5 Å². The maximum atomic E-state index is 12.6. The highest BCUT2D eigenvalue weighted by molar-refractivity contribution is 9.10. The van der Waals surface area contributed by atoms with Crippen LogP contribution in [-0.4, -0.2) is 38.9 Å². The van der Waals surface area contributed by atoms with E-state index >= 15 is 0 Å². The van der Waals surface area contributed by atoms with Crippen molar-refractivity contribution in [2.45, 2.75) is 23.8 Å². The number of piperidine rings is 1. The minimum absolute atomic E-state index is 0. The molecule has 1 fully saturated rings. The third kappa shape index (κ3) is 3.87.